The van der Waals surface area contributed by atoms with Gasteiger partial charge in [-0.3, -0.25) is 0 Å². The molecule has 1 atom stereocenters. The largest absolute Gasteiger partial charge is 0.462 e. The molecule has 0 aromatic heterocycles. The van der Waals surface area contributed by atoms with E-state index < -0.39 is 24.1 Å². The van der Waals surface area contributed by atoms with Crippen molar-refractivity contribution in [2.24, 2.45) is 5.11 Å². The molecule has 0 saturated carbocycles. The third-order valence-electron chi connectivity index (χ3n) is 2.75. The fourth-order valence-electron chi connectivity index (χ4n) is 1.73. The summed E-state index contributed by atoms with van der Waals surface area (Å²) in [4.78, 5) is 14.1. The van der Waals surface area contributed by atoms with Gasteiger partial charge in [0.15, 0.2) is 0 Å². The number of hydrogen-bond donors (Lipinski definition) is 0. The van der Waals surface area contributed by atoms with Gasteiger partial charge in [0.05, 0.1) is 24.1 Å². The van der Waals surface area contributed by atoms with Gasteiger partial charge in [-0.25, -0.2) is 4.79 Å². The average molecular weight is 301 g/mol. The van der Waals surface area contributed by atoms with E-state index in [1.165, 1.54) is 19.1 Å². The van der Waals surface area contributed by atoms with Crippen LogP contribution in [0.4, 0.5) is 13.2 Å². The lowest BCUT2D eigenvalue weighted by atomic mass is 9.95. The monoisotopic (exact) mass is 301 g/mol. The summed E-state index contributed by atoms with van der Waals surface area (Å²) in [5, 5.41) is 3.18. The minimum atomic E-state index is -4.47. The number of halogens is 3. The first-order valence-corrected chi connectivity index (χ1v) is 6.11. The molecule has 0 spiro atoms. The first-order chi connectivity index (χ1) is 9.76. The molecule has 0 aliphatic carbocycles. The van der Waals surface area contributed by atoms with Gasteiger partial charge in [-0.1, -0.05) is 30.2 Å². The van der Waals surface area contributed by atoms with Crippen molar-refractivity contribution in [1.82, 2.24) is 0 Å². The number of benzene rings is 1. The smallest absolute Gasteiger partial charge is 0.389 e. The molecule has 1 unspecified atom stereocenters. The average Bonchev–Trinajstić information content (AvgIpc) is 2.37. The second-order valence-electron chi connectivity index (χ2n) is 4.73. The Hall–Kier alpha value is -2.21. The Bertz CT molecular complexity index is 527. The minimum absolute atomic E-state index is 0.213. The van der Waals surface area contributed by atoms with Gasteiger partial charge in [0.1, 0.15) is 0 Å². The molecule has 0 heterocycles. The summed E-state index contributed by atoms with van der Waals surface area (Å²) in [6.45, 7) is 0.913. The number of azide groups is 1. The molecule has 1 rings (SSSR count). The maximum absolute atomic E-state index is 12.4. The summed E-state index contributed by atoms with van der Waals surface area (Å²) >= 11 is 0. The van der Waals surface area contributed by atoms with Crippen molar-refractivity contribution in [2.45, 2.75) is 31.5 Å². The molecule has 8 heteroatoms. The Balaban J connectivity index is 2.59. The lowest BCUT2D eigenvalue weighted by molar-refractivity contribution is -0.146. The van der Waals surface area contributed by atoms with E-state index in [1.54, 1.807) is 18.2 Å². The van der Waals surface area contributed by atoms with Crippen LogP contribution < -0.4 is 0 Å². The summed E-state index contributed by atoms with van der Waals surface area (Å²) in [6.07, 6.45) is -5.95. The quantitative estimate of drug-likeness (QED) is 0.341. The molecule has 0 radical (unpaired) electrons. The molecule has 21 heavy (non-hydrogen) atoms. The first-order valence-electron chi connectivity index (χ1n) is 6.11. The van der Waals surface area contributed by atoms with E-state index in [1.807, 2.05) is 0 Å². The molecule has 0 bridgehead atoms. The number of carbonyl (C=O) groups is 1. The zero-order valence-electron chi connectivity index (χ0n) is 11.3. The molecule has 0 aliphatic heterocycles. The topological polar surface area (TPSA) is 75.1 Å². The molecule has 1 aromatic carbocycles. The Morgan fingerprint density at radius 2 is 1.95 bits per heavy atom. The Labute approximate surface area is 119 Å². The number of rotatable bonds is 6. The maximum Gasteiger partial charge on any atom is 0.389 e. The van der Waals surface area contributed by atoms with Gasteiger partial charge in [0.25, 0.3) is 0 Å². The van der Waals surface area contributed by atoms with Gasteiger partial charge < -0.3 is 4.74 Å². The van der Waals surface area contributed by atoms with Crippen LogP contribution in [0.15, 0.2) is 35.4 Å². The van der Waals surface area contributed by atoms with Crippen molar-refractivity contribution in [3.63, 3.8) is 0 Å². The third-order valence-corrected chi connectivity index (χ3v) is 2.75. The van der Waals surface area contributed by atoms with Gasteiger partial charge >= 0.3 is 12.1 Å². The van der Waals surface area contributed by atoms with Crippen LogP contribution in [0.25, 0.3) is 10.4 Å². The number of nitrogens with zero attached hydrogens (tertiary/aromatic N) is 3. The molecule has 0 N–H and O–H groups in total. The number of esters is 1. The predicted molar refractivity (Wildman–Crippen MR) is 69.6 cm³/mol. The lowest BCUT2D eigenvalue weighted by Crippen LogP contribution is -2.31. The van der Waals surface area contributed by atoms with Gasteiger partial charge in [0.2, 0.25) is 0 Å². The highest BCUT2D eigenvalue weighted by molar-refractivity contribution is 5.89. The van der Waals surface area contributed by atoms with Gasteiger partial charge in [-0.05, 0) is 24.1 Å². The van der Waals surface area contributed by atoms with Crippen molar-refractivity contribution >= 4 is 5.97 Å². The maximum atomic E-state index is 12.4. The minimum Gasteiger partial charge on any atom is -0.462 e. The van der Waals surface area contributed by atoms with E-state index in [2.05, 4.69) is 10.0 Å². The second kappa shape index (κ2) is 6.99. The lowest BCUT2D eigenvalue weighted by Gasteiger charge is -2.24. The third kappa shape index (κ3) is 6.18. The van der Waals surface area contributed by atoms with Crippen LogP contribution >= 0.6 is 0 Å². The van der Waals surface area contributed by atoms with Gasteiger partial charge in [-0.2, -0.15) is 13.2 Å². The Morgan fingerprint density at radius 1 is 1.33 bits per heavy atom. The summed E-state index contributed by atoms with van der Waals surface area (Å²) in [7, 11) is 0. The Kier molecular flexibility index (Phi) is 5.60. The second-order valence-corrected chi connectivity index (χ2v) is 4.73. The first kappa shape index (κ1) is 16.8. The van der Waals surface area contributed by atoms with Gasteiger partial charge in [-0.15, -0.1) is 0 Å². The highest BCUT2D eigenvalue weighted by Gasteiger charge is 2.39. The van der Waals surface area contributed by atoms with Crippen LogP contribution in [0.5, 0.6) is 0 Å². The van der Waals surface area contributed by atoms with Crippen LogP contribution in [0.1, 0.15) is 30.1 Å². The molecule has 0 aliphatic rings. The molecular weight excluding hydrogens is 287 g/mol. The molecule has 114 valence electrons. The fraction of sp³-hybridized carbons (Fsp3) is 0.462. The van der Waals surface area contributed by atoms with Crippen molar-refractivity contribution in [3.05, 3.63) is 46.3 Å². The molecular formula is C13H14F3N3O2. The zero-order chi connectivity index (χ0) is 15.9. The van der Waals surface area contributed by atoms with E-state index in [9.17, 15) is 18.0 Å². The number of hydrogen-bond acceptors (Lipinski definition) is 3. The number of carbonyl (C=O) groups excluding carboxylic acids is 1. The summed E-state index contributed by atoms with van der Waals surface area (Å²) in [5.74, 6) is -0.633. The van der Waals surface area contributed by atoms with Crippen LogP contribution in [-0.2, 0) is 4.74 Å². The summed E-state index contributed by atoms with van der Waals surface area (Å²) < 4.78 is 42.2. The standard InChI is InChI=1S/C13H14F3N3O2/c1-12(18-19-17,9-13(14,15)16)7-8-21-11(20)10-5-3-2-4-6-10/h2-6H,7-9H2,1H3. The van der Waals surface area contributed by atoms with Crippen LogP contribution in [0.2, 0.25) is 0 Å². The van der Waals surface area contributed by atoms with Crippen molar-refractivity contribution in [2.75, 3.05) is 6.61 Å². The van der Waals surface area contributed by atoms with E-state index in [0.717, 1.165) is 0 Å². The molecule has 0 saturated heterocycles. The normalized spacial score (nSPS) is 13.9. The predicted octanol–water partition coefficient (Wildman–Crippen LogP) is 4.25. The van der Waals surface area contributed by atoms with E-state index in [0.29, 0.717) is 5.56 Å². The molecule has 1 aromatic rings. The summed E-state index contributed by atoms with van der Waals surface area (Å²) in [5.41, 5.74) is 7.00. The zero-order valence-corrected chi connectivity index (χ0v) is 11.3. The van der Waals surface area contributed by atoms with Crippen molar-refractivity contribution < 1.29 is 22.7 Å². The number of ether oxygens (including phenoxy) is 1. The van der Waals surface area contributed by atoms with Crippen LogP contribution in [0, 0.1) is 0 Å². The highest BCUT2D eigenvalue weighted by atomic mass is 19.4. The van der Waals surface area contributed by atoms with Crippen LogP contribution in [0.3, 0.4) is 0 Å². The molecule has 0 fully saturated rings. The van der Waals surface area contributed by atoms with E-state index in [4.69, 9.17) is 10.3 Å². The molecule has 0 amide bonds. The SMILES string of the molecule is CC(CCOC(=O)c1ccccc1)(CC(F)(F)F)N=[N+]=[N-]. The van der Waals surface area contributed by atoms with Crippen molar-refractivity contribution in [1.29, 1.82) is 0 Å². The summed E-state index contributed by atoms with van der Waals surface area (Å²) in [6, 6.07) is 8.07. The highest BCUT2D eigenvalue weighted by Crippen LogP contribution is 2.32. The Morgan fingerprint density at radius 3 is 2.48 bits per heavy atom. The van der Waals surface area contributed by atoms with Crippen molar-refractivity contribution in [3.8, 4) is 0 Å². The molecule has 5 nitrogen and oxygen atoms in total. The fourth-order valence-corrected chi connectivity index (χ4v) is 1.73. The van der Waals surface area contributed by atoms with E-state index in [-0.39, 0.29) is 13.0 Å². The van der Waals surface area contributed by atoms with Gasteiger partial charge in [0, 0.05) is 4.91 Å². The van der Waals surface area contributed by atoms with E-state index >= 15 is 0 Å². The van der Waals surface area contributed by atoms with Crippen LogP contribution in [-0.4, -0.2) is 24.3 Å². The number of alkyl halides is 3.